The third kappa shape index (κ3) is 2.76. The molecule has 2 aromatic rings. The lowest BCUT2D eigenvalue weighted by Crippen LogP contribution is -2.20. The molecular formula is C15H14ClF2NO. The van der Waals surface area contributed by atoms with E-state index in [1.807, 2.05) is 0 Å². The predicted octanol–water partition coefficient (Wildman–Crippen LogP) is 3.94. The Labute approximate surface area is 121 Å². The van der Waals surface area contributed by atoms with Crippen molar-refractivity contribution < 1.29 is 13.5 Å². The van der Waals surface area contributed by atoms with E-state index in [1.54, 1.807) is 19.2 Å². The van der Waals surface area contributed by atoms with Crippen LogP contribution in [0, 0.1) is 11.6 Å². The van der Waals surface area contributed by atoms with Crippen LogP contribution in [-0.2, 0) is 0 Å². The lowest BCUT2D eigenvalue weighted by atomic mass is 9.97. The number of nitrogens with one attached hydrogen (secondary N) is 1. The summed E-state index contributed by atoms with van der Waals surface area (Å²) in [5.74, 6) is -0.852. The molecule has 20 heavy (non-hydrogen) atoms. The zero-order chi connectivity index (χ0) is 14.7. The predicted molar refractivity (Wildman–Crippen MR) is 75.3 cm³/mol. The number of benzene rings is 2. The van der Waals surface area contributed by atoms with Crippen LogP contribution in [0.15, 0.2) is 36.4 Å². The molecule has 0 heterocycles. The molecule has 5 heteroatoms. The molecule has 106 valence electrons. The van der Waals surface area contributed by atoms with Gasteiger partial charge in [0.2, 0.25) is 0 Å². The molecule has 2 rings (SSSR count). The molecule has 0 radical (unpaired) electrons. The van der Waals surface area contributed by atoms with E-state index >= 15 is 0 Å². The fourth-order valence-electron chi connectivity index (χ4n) is 2.12. The van der Waals surface area contributed by atoms with E-state index in [9.17, 15) is 8.78 Å². The Morgan fingerprint density at radius 3 is 2.55 bits per heavy atom. The Balaban J connectivity index is 2.55. The quantitative estimate of drug-likeness (QED) is 0.923. The first kappa shape index (κ1) is 14.8. The summed E-state index contributed by atoms with van der Waals surface area (Å²) >= 11 is 5.89. The van der Waals surface area contributed by atoms with Crippen LogP contribution in [0.2, 0.25) is 5.02 Å². The van der Waals surface area contributed by atoms with E-state index in [2.05, 4.69) is 5.32 Å². The molecule has 0 aliphatic rings. The summed E-state index contributed by atoms with van der Waals surface area (Å²) in [6.45, 7) is 0. The summed E-state index contributed by atoms with van der Waals surface area (Å²) in [7, 11) is 3.01. The van der Waals surface area contributed by atoms with Crippen LogP contribution in [0.25, 0.3) is 0 Å². The minimum absolute atomic E-state index is 0.116. The zero-order valence-electron chi connectivity index (χ0n) is 11.1. The van der Waals surface area contributed by atoms with Crippen molar-refractivity contribution in [2.45, 2.75) is 6.04 Å². The van der Waals surface area contributed by atoms with E-state index in [4.69, 9.17) is 16.3 Å². The summed E-state index contributed by atoms with van der Waals surface area (Å²) in [4.78, 5) is 0. The topological polar surface area (TPSA) is 21.3 Å². The zero-order valence-corrected chi connectivity index (χ0v) is 11.8. The van der Waals surface area contributed by atoms with Crippen LogP contribution in [0.3, 0.4) is 0 Å². The van der Waals surface area contributed by atoms with Gasteiger partial charge in [0, 0.05) is 16.1 Å². The second kappa shape index (κ2) is 6.20. The molecular weight excluding hydrogens is 284 g/mol. The first-order chi connectivity index (χ1) is 9.58. The van der Waals surface area contributed by atoms with E-state index in [0.717, 1.165) is 0 Å². The van der Waals surface area contributed by atoms with Gasteiger partial charge in [-0.3, -0.25) is 0 Å². The van der Waals surface area contributed by atoms with Crippen LogP contribution >= 0.6 is 11.6 Å². The first-order valence-corrected chi connectivity index (χ1v) is 6.41. The van der Waals surface area contributed by atoms with Crippen LogP contribution in [-0.4, -0.2) is 14.2 Å². The van der Waals surface area contributed by atoms with Crippen LogP contribution < -0.4 is 10.1 Å². The Bertz CT molecular complexity index is 619. The minimum atomic E-state index is -0.649. The normalized spacial score (nSPS) is 12.2. The fourth-order valence-corrected chi connectivity index (χ4v) is 2.30. The van der Waals surface area contributed by atoms with Crippen molar-refractivity contribution in [3.8, 4) is 5.75 Å². The first-order valence-electron chi connectivity index (χ1n) is 6.03. The highest BCUT2D eigenvalue weighted by Crippen LogP contribution is 2.31. The van der Waals surface area contributed by atoms with E-state index in [0.29, 0.717) is 10.6 Å². The highest BCUT2D eigenvalue weighted by atomic mass is 35.5. The number of rotatable bonds is 4. The smallest absolute Gasteiger partial charge is 0.170 e. The highest BCUT2D eigenvalue weighted by Gasteiger charge is 2.21. The Hall–Kier alpha value is -1.65. The Morgan fingerprint density at radius 1 is 1.15 bits per heavy atom. The molecule has 0 aliphatic carbocycles. The molecule has 0 bridgehead atoms. The molecule has 0 amide bonds. The van der Waals surface area contributed by atoms with Crippen molar-refractivity contribution in [1.82, 2.24) is 5.32 Å². The maximum absolute atomic E-state index is 14.3. The van der Waals surface area contributed by atoms with Crippen molar-refractivity contribution >= 4 is 11.6 Å². The molecule has 0 spiro atoms. The lowest BCUT2D eigenvalue weighted by Gasteiger charge is -2.19. The van der Waals surface area contributed by atoms with Crippen LogP contribution in [0.4, 0.5) is 8.78 Å². The molecule has 0 saturated carbocycles. The van der Waals surface area contributed by atoms with E-state index < -0.39 is 17.7 Å². The van der Waals surface area contributed by atoms with Crippen LogP contribution in [0.1, 0.15) is 17.2 Å². The van der Waals surface area contributed by atoms with Crippen LogP contribution in [0.5, 0.6) is 5.75 Å². The van der Waals surface area contributed by atoms with Crippen molar-refractivity contribution in [3.63, 3.8) is 0 Å². The molecule has 1 N–H and O–H groups in total. The van der Waals surface area contributed by atoms with Gasteiger partial charge in [-0.25, -0.2) is 8.78 Å². The van der Waals surface area contributed by atoms with Gasteiger partial charge in [-0.1, -0.05) is 23.7 Å². The van der Waals surface area contributed by atoms with E-state index in [-0.39, 0.29) is 11.3 Å². The SMILES string of the molecule is CNC(c1cc(Cl)ccc1F)c1cccc(OC)c1F. The number of hydrogen-bond acceptors (Lipinski definition) is 2. The minimum Gasteiger partial charge on any atom is -0.494 e. The standard InChI is InChI=1S/C15H14ClF2NO/c1-19-15(11-8-9(16)6-7-12(11)17)10-4-3-5-13(20-2)14(10)18/h3-8,15,19H,1-2H3. The second-order valence-electron chi connectivity index (χ2n) is 4.25. The average Bonchev–Trinajstić information content (AvgIpc) is 2.45. The van der Waals surface area contributed by atoms with Crippen molar-refractivity contribution in [1.29, 1.82) is 0 Å². The van der Waals surface area contributed by atoms with Gasteiger partial charge in [-0.2, -0.15) is 0 Å². The maximum atomic E-state index is 14.3. The third-order valence-corrected chi connectivity index (χ3v) is 3.32. The van der Waals surface area contributed by atoms with Gasteiger partial charge in [0.05, 0.1) is 13.2 Å². The maximum Gasteiger partial charge on any atom is 0.170 e. The van der Waals surface area contributed by atoms with Gasteiger partial charge in [0.1, 0.15) is 5.82 Å². The summed E-state index contributed by atoms with van der Waals surface area (Å²) in [5, 5.41) is 3.29. The molecule has 0 aliphatic heterocycles. The average molecular weight is 298 g/mol. The summed E-state index contributed by atoms with van der Waals surface area (Å²) in [6.07, 6.45) is 0. The largest absolute Gasteiger partial charge is 0.494 e. The fraction of sp³-hybridized carbons (Fsp3) is 0.200. The monoisotopic (exact) mass is 297 g/mol. The Morgan fingerprint density at radius 2 is 1.90 bits per heavy atom. The van der Waals surface area contributed by atoms with Gasteiger partial charge in [0.15, 0.2) is 11.6 Å². The van der Waals surface area contributed by atoms with Gasteiger partial charge in [0.25, 0.3) is 0 Å². The molecule has 1 unspecified atom stereocenters. The molecule has 2 nitrogen and oxygen atoms in total. The Kier molecular flexibility index (Phi) is 4.57. The molecule has 0 aromatic heterocycles. The molecule has 0 saturated heterocycles. The molecule has 1 atom stereocenters. The van der Waals surface area contributed by atoms with E-state index in [1.165, 1.54) is 31.4 Å². The summed E-state index contributed by atoms with van der Waals surface area (Å²) < 4.78 is 33.2. The van der Waals surface area contributed by atoms with Gasteiger partial charge < -0.3 is 10.1 Å². The van der Waals surface area contributed by atoms with Gasteiger partial charge in [-0.15, -0.1) is 0 Å². The van der Waals surface area contributed by atoms with Crippen molar-refractivity contribution in [2.24, 2.45) is 0 Å². The summed E-state index contributed by atoms with van der Waals surface area (Å²) in [6, 6.07) is 8.30. The lowest BCUT2D eigenvalue weighted by molar-refractivity contribution is 0.382. The summed E-state index contributed by atoms with van der Waals surface area (Å²) in [5.41, 5.74) is 0.583. The molecule has 2 aromatic carbocycles. The number of methoxy groups -OCH3 is 1. The number of hydrogen-bond donors (Lipinski definition) is 1. The third-order valence-electron chi connectivity index (χ3n) is 3.08. The van der Waals surface area contributed by atoms with Crippen molar-refractivity contribution in [2.75, 3.05) is 14.2 Å². The van der Waals surface area contributed by atoms with Gasteiger partial charge >= 0.3 is 0 Å². The number of ether oxygens (including phenoxy) is 1. The molecule has 0 fully saturated rings. The van der Waals surface area contributed by atoms with Crippen molar-refractivity contribution in [3.05, 3.63) is 64.2 Å². The number of halogens is 3. The van der Waals surface area contributed by atoms with Gasteiger partial charge in [-0.05, 0) is 31.3 Å². The second-order valence-corrected chi connectivity index (χ2v) is 4.69. The highest BCUT2D eigenvalue weighted by molar-refractivity contribution is 6.30.